The zero-order chi connectivity index (χ0) is 31.1. The smallest absolute Gasteiger partial charge is 0.320 e. The Morgan fingerprint density at radius 3 is 2.86 bits per heavy atom. The van der Waals surface area contributed by atoms with Crippen LogP contribution in [0, 0.1) is 23.2 Å². The molecule has 14 heteroatoms. The number of hydrazine groups is 2. The minimum Gasteiger partial charge on any atom is -0.376 e. The SMILES string of the molecule is C=CC(=O)N1CC(C)N(C2NC(=O)N3C4NC(C(F)CC24)N2NNC=C2CCCOC2CCNC(C(C)C)C23)CC1CC#N. The van der Waals surface area contributed by atoms with Crippen molar-refractivity contribution in [3.63, 3.8) is 0 Å². The van der Waals surface area contributed by atoms with Crippen LogP contribution in [0.2, 0.25) is 0 Å². The largest absolute Gasteiger partial charge is 0.376 e. The number of nitrogens with one attached hydrogen (secondary N) is 5. The van der Waals surface area contributed by atoms with E-state index in [4.69, 9.17) is 4.74 Å². The second-order valence-electron chi connectivity index (χ2n) is 13.3. The van der Waals surface area contributed by atoms with Crippen molar-refractivity contribution in [3.8, 4) is 6.07 Å². The number of allylic oxidation sites excluding steroid dienone is 1. The summed E-state index contributed by atoms with van der Waals surface area (Å²) >= 11 is 0. The van der Waals surface area contributed by atoms with Crippen LogP contribution in [0.3, 0.4) is 0 Å². The lowest BCUT2D eigenvalue weighted by Gasteiger charge is -2.60. The van der Waals surface area contributed by atoms with Gasteiger partial charge in [0.2, 0.25) is 5.91 Å². The lowest BCUT2D eigenvalue weighted by Crippen LogP contribution is -2.81. The molecule has 0 radical (unpaired) electrons. The number of urea groups is 1. The molecule has 44 heavy (non-hydrogen) atoms. The highest BCUT2D eigenvalue weighted by molar-refractivity contribution is 5.87. The molecule has 0 aromatic rings. The molecule has 13 nitrogen and oxygen atoms in total. The van der Waals surface area contributed by atoms with Crippen LogP contribution in [0.15, 0.2) is 24.6 Å². The van der Waals surface area contributed by atoms with E-state index in [1.54, 1.807) is 4.90 Å². The van der Waals surface area contributed by atoms with E-state index >= 15 is 4.39 Å². The highest BCUT2D eigenvalue weighted by Gasteiger charge is 2.57. The third-order valence-electron chi connectivity index (χ3n) is 10.3. The van der Waals surface area contributed by atoms with E-state index in [1.165, 1.54) is 6.08 Å². The summed E-state index contributed by atoms with van der Waals surface area (Å²) in [6.45, 7) is 12.1. The van der Waals surface area contributed by atoms with Gasteiger partial charge in [0.15, 0.2) is 0 Å². The van der Waals surface area contributed by atoms with Gasteiger partial charge in [0.05, 0.1) is 48.7 Å². The van der Waals surface area contributed by atoms with Gasteiger partial charge in [-0.3, -0.25) is 20.0 Å². The van der Waals surface area contributed by atoms with Gasteiger partial charge in [-0.2, -0.15) is 5.26 Å². The van der Waals surface area contributed by atoms with Crippen molar-refractivity contribution >= 4 is 11.9 Å². The molecule has 6 aliphatic rings. The number of amides is 3. The van der Waals surface area contributed by atoms with Crippen LogP contribution in [0.1, 0.15) is 52.9 Å². The number of rotatable bonds is 4. The number of alkyl halides is 1. The number of piperidine rings is 2. The number of piperazine rings is 1. The van der Waals surface area contributed by atoms with E-state index in [-0.39, 0.29) is 66.9 Å². The summed E-state index contributed by atoms with van der Waals surface area (Å²) in [5, 5.41) is 22.0. The molecule has 5 fully saturated rings. The second-order valence-corrected chi connectivity index (χ2v) is 13.3. The van der Waals surface area contributed by atoms with Gasteiger partial charge in [-0.1, -0.05) is 20.4 Å². The molecule has 0 saturated carbocycles. The molecular weight excluding hydrogens is 567 g/mol. The third-order valence-corrected chi connectivity index (χ3v) is 10.3. The van der Waals surface area contributed by atoms with Gasteiger partial charge >= 0.3 is 6.03 Å². The molecule has 5 N–H and O–H groups in total. The third kappa shape index (κ3) is 5.53. The quantitative estimate of drug-likeness (QED) is 0.287. The molecule has 10 unspecified atom stereocenters. The van der Waals surface area contributed by atoms with E-state index in [9.17, 15) is 14.9 Å². The van der Waals surface area contributed by atoms with E-state index in [0.29, 0.717) is 19.7 Å². The maximum absolute atomic E-state index is 16.4. The summed E-state index contributed by atoms with van der Waals surface area (Å²) in [7, 11) is 0. The number of carbonyl (C=O) groups is 2. The molecule has 6 rings (SSSR count). The maximum Gasteiger partial charge on any atom is 0.320 e. The van der Waals surface area contributed by atoms with Crippen molar-refractivity contribution in [1.29, 1.82) is 5.26 Å². The fourth-order valence-electron chi connectivity index (χ4n) is 8.28. The molecule has 5 saturated heterocycles. The Balaban J connectivity index is 1.38. The maximum atomic E-state index is 16.4. The molecule has 0 aliphatic carbocycles. The van der Waals surface area contributed by atoms with E-state index in [1.807, 2.05) is 23.0 Å². The molecular formula is C30H47FN10O3. The average Bonchev–Trinajstić information content (AvgIpc) is 3.47. The number of hydrogen-bond acceptors (Lipinski definition) is 10. The summed E-state index contributed by atoms with van der Waals surface area (Å²) in [5.41, 5.74) is 7.09. The fourth-order valence-corrected chi connectivity index (χ4v) is 8.28. The van der Waals surface area contributed by atoms with Crippen LogP contribution in [0.4, 0.5) is 9.18 Å². The number of nitrogens with zero attached hydrogens (tertiary/aromatic N) is 5. The van der Waals surface area contributed by atoms with Gasteiger partial charge in [0.1, 0.15) is 12.3 Å². The summed E-state index contributed by atoms with van der Waals surface area (Å²) in [6, 6.07) is 1.24. The first-order valence-electron chi connectivity index (χ1n) is 16.1. The van der Waals surface area contributed by atoms with E-state index in [0.717, 1.165) is 31.5 Å². The number of fused-ring (bicyclic) bond motifs is 5. The van der Waals surface area contributed by atoms with Crippen LogP contribution in [-0.2, 0) is 9.53 Å². The number of hydrogen-bond donors (Lipinski definition) is 5. The van der Waals surface area contributed by atoms with Crippen molar-refractivity contribution < 1.29 is 18.7 Å². The summed E-state index contributed by atoms with van der Waals surface area (Å²) < 4.78 is 23.0. The van der Waals surface area contributed by atoms with Crippen LogP contribution in [0.5, 0.6) is 0 Å². The van der Waals surface area contributed by atoms with E-state index in [2.05, 4.69) is 58.3 Å². The van der Waals surface area contributed by atoms with Crippen molar-refractivity contribution in [3.05, 3.63) is 24.6 Å². The van der Waals surface area contributed by atoms with Gasteiger partial charge in [-0.15, -0.1) is 5.53 Å². The molecule has 242 valence electrons. The minimum atomic E-state index is -1.24. The van der Waals surface area contributed by atoms with Crippen LogP contribution >= 0.6 is 0 Å². The first kappa shape index (κ1) is 31.0. The zero-order valence-corrected chi connectivity index (χ0v) is 25.9. The minimum absolute atomic E-state index is 0.00239. The molecule has 0 aromatic carbocycles. The fraction of sp³-hybridized carbons (Fsp3) is 0.767. The van der Waals surface area contributed by atoms with Crippen molar-refractivity contribution in [1.82, 2.24) is 46.6 Å². The van der Waals surface area contributed by atoms with Crippen LogP contribution < -0.4 is 26.9 Å². The first-order valence-corrected chi connectivity index (χ1v) is 16.1. The monoisotopic (exact) mass is 614 g/mol. The Morgan fingerprint density at radius 2 is 2.11 bits per heavy atom. The van der Waals surface area contributed by atoms with E-state index < -0.39 is 24.7 Å². The van der Waals surface area contributed by atoms with Gasteiger partial charge in [-0.05, 0) is 51.1 Å². The molecule has 2 bridgehead atoms. The summed E-state index contributed by atoms with van der Waals surface area (Å²) in [5.74, 6) is -0.294. The molecule has 0 aromatic heterocycles. The Morgan fingerprint density at radius 1 is 1.30 bits per heavy atom. The Bertz CT molecular complexity index is 1180. The van der Waals surface area contributed by atoms with Crippen molar-refractivity contribution in [2.75, 3.05) is 26.2 Å². The number of halogens is 1. The Labute approximate surface area is 259 Å². The van der Waals surface area contributed by atoms with Gasteiger partial charge in [0, 0.05) is 43.9 Å². The zero-order valence-electron chi connectivity index (χ0n) is 25.9. The number of ether oxygens (including phenoxy) is 1. The highest BCUT2D eigenvalue weighted by Crippen LogP contribution is 2.39. The predicted octanol–water partition coefficient (Wildman–Crippen LogP) is 0.670. The molecule has 6 heterocycles. The first-order chi connectivity index (χ1) is 21.2. The Hall–Kier alpha value is -2.96. The summed E-state index contributed by atoms with van der Waals surface area (Å²) in [4.78, 5) is 32.9. The van der Waals surface area contributed by atoms with Crippen LogP contribution in [-0.4, -0.2) is 113 Å². The second kappa shape index (κ2) is 12.8. The standard InChI is InChI=1S/C30H47FN10O3/c1-5-24(42)39-15-18(4)38(16-20(39)8-10-32)27-21-13-22(31)29-35-28(21)40(30(43)36-27)26-23(9-11-33-25(26)17(2)3)44-12-6-7-19-14-34-37-41(19)29/h5,14,17-18,20-23,25-29,33-35,37H,1,6-9,11-13,15-16H2,2-4H3,(H,36,43). The molecule has 6 aliphatic heterocycles. The normalized spacial score (nSPS) is 39.5. The molecule has 0 spiro atoms. The van der Waals surface area contributed by atoms with Crippen molar-refractivity contribution in [2.24, 2.45) is 11.8 Å². The van der Waals surface area contributed by atoms with Crippen molar-refractivity contribution in [2.45, 2.75) is 108 Å². The highest BCUT2D eigenvalue weighted by atomic mass is 19.1. The van der Waals surface area contributed by atoms with Gasteiger partial charge in [-0.25, -0.2) is 9.18 Å². The number of nitriles is 1. The Kier molecular flexibility index (Phi) is 9.03. The van der Waals surface area contributed by atoms with Gasteiger partial charge in [0.25, 0.3) is 0 Å². The molecule has 3 amide bonds. The average molecular weight is 615 g/mol. The lowest BCUT2D eigenvalue weighted by atomic mass is 9.81. The molecule has 10 atom stereocenters. The van der Waals surface area contributed by atoms with Gasteiger partial charge < -0.3 is 30.6 Å². The topological polar surface area (TPSA) is 140 Å². The number of carbonyl (C=O) groups excluding carboxylic acids is 2. The predicted molar refractivity (Wildman–Crippen MR) is 160 cm³/mol. The lowest BCUT2D eigenvalue weighted by molar-refractivity contribution is -0.140. The van der Waals surface area contributed by atoms with Crippen LogP contribution in [0.25, 0.3) is 0 Å². The summed E-state index contributed by atoms with van der Waals surface area (Å²) in [6.07, 6.45) is 2.73.